The van der Waals surface area contributed by atoms with Gasteiger partial charge in [0.1, 0.15) is 6.04 Å². The molecule has 3 rings (SSSR count). The molecule has 1 aromatic carbocycles. The van der Waals surface area contributed by atoms with Gasteiger partial charge in [0.2, 0.25) is 0 Å². The van der Waals surface area contributed by atoms with Crippen LogP contribution in [0.3, 0.4) is 0 Å². The molecule has 1 aliphatic carbocycles. The molecule has 0 amide bonds. The number of aromatic nitrogens is 1. The maximum absolute atomic E-state index is 11.6. The number of nitro benzene ring substituents is 1. The molecule has 1 aromatic heterocycles. The van der Waals surface area contributed by atoms with Crippen molar-refractivity contribution < 1.29 is 14.8 Å². The lowest BCUT2D eigenvalue weighted by molar-refractivity contribution is -0.383. The fourth-order valence-electron chi connectivity index (χ4n) is 2.97. The second-order valence-corrected chi connectivity index (χ2v) is 5.84. The Kier molecular flexibility index (Phi) is 3.37. The molecule has 0 radical (unpaired) electrons. The highest BCUT2D eigenvalue weighted by Gasteiger charge is 2.33. The molecule has 1 saturated carbocycles. The first-order chi connectivity index (χ1) is 10.4. The first-order valence-corrected chi connectivity index (χ1v) is 7.13. The Morgan fingerprint density at radius 3 is 2.77 bits per heavy atom. The van der Waals surface area contributed by atoms with Crippen molar-refractivity contribution in [2.45, 2.75) is 31.2 Å². The van der Waals surface area contributed by atoms with Gasteiger partial charge in [-0.15, -0.1) is 0 Å². The van der Waals surface area contributed by atoms with Crippen molar-refractivity contribution in [3.05, 3.63) is 39.6 Å². The van der Waals surface area contributed by atoms with Crippen LogP contribution in [0.25, 0.3) is 10.9 Å². The molecule has 0 aliphatic heterocycles. The van der Waals surface area contributed by atoms with Crippen LogP contribution in [-0.2, 0) is 18.3 Å². The highest BCUT2D eigenvalue weighted by molar-refractivity contribution is 5.94. The number of carbonyl (C=O) groups is 1. The molecule has 2 aromatic rings. The van der Waals surface area contributed by atoms with Crippen LogP contribution < -0.4 is 5.73 Å². The molecular formula is C15H17N3O4. The Bertz CT molecular complexity index is 777. The third-order valence-electron chi connectivity index (χ3n) is 4.19. The molecule has 1 unspecified atom stereocenters. The monoisotopic (exact) mass is 303 g/mol. The lowest BCUT2D eigenvalue weighted by atomic mass is 9.99. The summed E-state index contributed by atoms with van der Waals surface area (Å²) in [6, 6.07) is 2.61. The Balaban J connectivity index is 2.22. The third kappa shape index (κ3) is 2.33. The van der Waals surface area contributed by atoms with Crippen molar-refractivity contribution in [3.8, 4) is 0 Å². The van der Waals surface area contributed by atoms with Gasteiger partial charge in [-0.05, 0) is 36.5 Å². The number of aryl methyl sites for hydroxylation is 1. The van der Waals surface area contributed by atoms with Gasteiger partial charge in [-0.3, -0.25) is 14.9 Å². The fourth-order valence-corrected chi connectivity index (χ4v) is 2.97. The minimum atomic E-state index is -1.11. The van der Waals surface area contributed by atoms with E-state index in [9.17, 15) is 14.9 Å². The van der Waals surface area contributed by atoms with Crippen LogP contribution >= 0.6 is 0 Å². The van der Waals surface area contributed by atoms with Crippen molar-refractivity contribution in [1.82, 2.24) is 4.57 Å². The van der Waals surface area contributed by atoms with Crippen LogP contribution in [-0.4, -0.2) is 26.6 Å². The maximum atomic E-state index is 11.6. The van der Waals surface area contributed by atoms with Crippen molar-refractivity contribution >= 4 is 22.6 Å². The molecule has 22 heavy (non-hydrogen) atoms. The summed E-state index contributed by atoms with van der Waals surface area (Å²) in [6.07, 6.45) is 3.73. The largest absolute Gasteiger partial charge is 0.480 e. The topological polar surface area (TPSA) is 111 Å². The van der Waals surface area contributed by atoms with E-state index in [1.165, 1.54) is 0 Å². The number of fused-ring (bicyclic) bond motifs is 1. The zero-order valence-corrected chi connectivity index (χ0v) is 12.2. The van der Waals surface area contributed by atoms with Gasteiger partial charge in [-0.1, -0.05) is 0 Å². The number of carboxylic acids is 1. The molecule has 1 aliphatic rings. The van der Waals surface area contributed by atoms with Gasteiger partial charge < -0.3 is 15.4 Å². The number of rotatable bonds is 5. The van der Waals surface area contributed by atoms with Crippen LogP contribution in [0, 0.1) is 10.1 Å². The second-order valence-electron chi connectivity index (χ2n) is 5.84. The SMILES string of the molecule is Cn1cc(CC(N)C(=O)O)c2c([N+](=O)[O-])c(C3CC3)ccc21. The summed E-state index contributed by atoms with van der Waals surface area (Å²) in [7, 11) is 1.79. The Morgan fingerprint density at radius 1 is 1.55 bits per heavy atom. The number of hydrogen-bond donors (Lipinski definition) is 2. The Morgan fingerprint density at radius 2 is 2.23 bits per heavy atom. The predicted molar refractivity (Wildman–Crippen MR) is 80.9 cm³/mol. The molecule has 0 spiro atoms. The number of hydrogen-bond acceptors (Lipinski definition) is 4. The van der Waals surface area contributed by atoms with Crippen LogP contribution in [0.4, 0.5) is 5.69 Å². The maximum Gasteiger partial charge on any atom is 0.320 e. The standard InChI is InChI=1S/C15H17N3O4/c1-17-7-9(6-11(16)15(19)20)13-12(17)5-4-10(8-2-3-8)14(13)18(21)22/h4-5,7-8,11H,2-3,6,16H2,1H3,(H,19,20). The number of aliphatic carboxylic acids is 1. The molecule has 3 N–H and O–H groups in total. The summed E-state index contributed by atoms with van der Waals surface area (Å²) < 4.78 is 1.78. The zero-order valence-electron chi connectivity index (χ0n) is 12.2. The van der Waals surface area contributed by atoms with Gasteiger partial charge in [0, 0.05) is 25.2 Å². The second kappa shape index (κ2) is 5.10. The van der Waals surface area contributed by atoms with Crippen molar-refractivity contribution in [2.24, 2.45) is 12.8 Å². The summed E-state index contributed by atoms with van der Waals surface area (Å²) >= 11 is 0. The van der Waals surface area contributed by atoms with E-state index in [1.807, 2.05) is 12.1 Å². The molecule has 1 heterocycles. The van der Waals surface area contributed by atoms with E-state index < -0.39 is 12.0 Å². The van der Waals surface area contributed by atoms with Crippen LogP contribution in [0.1, 0.15) is 29.9 Å². The molecule has 0 saturated heterocycles. The number of nitrogens with zero attached hydrogens (tertiary/aromatic N) is 2. The lowest BCUT2D eigenvalue weighted by Crippen LogP contribution is -2.32. The van der Waals surface area contributed by atoms with Gasteiger partial charge in [0.25, 0.3) is 5.69 Å². The van der Waals surface area contributed by atoms with E-state index in [4.69, 9.17) is 10.8 Å². The summed E-state index contributed by atoms with van der Waals surface area (Å²) in [4.78, 5) is 22.2. The minimum absolute atomic E-state index is 0.0711. The lowest BCUT2D eigenvalue weighted by Gasteiger charge is -2.07. The van der Waals surface area contributed by atoms with Gasteiger partial charge in [-0.2, -0.15) is 0 Å². The first kappa shape index (κ1) is 14.5. The predicted octanol–water partition coefficient (Wildman–Crippen LogP) is 1.92. The zero-order chi connectivity index (χ0) is 16.0. The minimum Gasteiger partial charge on any atom is -0.480 e. The van der Waals surface area contributed by atoms with E-state index in [-0.39, 0.29) is 22.9 Å². The summed E-state index contributed by atoms with van der Waals surface area (Å²) in [5, 5.41) is 21.1. The van der Waals surface area contributed by atoms with E-state index in [1.54, 1.807) is 17.8 Å². The average molecular weight is 303 g/mol. The van der Waals surface area contributed by atoms with E-state index in [0.717, 1.165) is 23.9 Å². The third-order valence-corrected chi connectivity index (χ3v) is 4.19. The van der Waals surface area contributed by atoms with E-state index in [2.05, 4.69) is 0 Å². The van der Waals surface area contributed by atoms with Gasteiger partial charge >= 0.3 is 5.97 Å². The van der Waals surface area contributed by atoms with Gasteiger partial charge in [0.05, 0.1) is 15.8 Å². The van der Waals surface area contributed by atoms with Crippen molar-refractivity contribution in [3.63, 3.8) is 0 Å². The average Bonchev–Trinajstić information content (AvgIpc) is 3.24. The van der Waals surface area contributed by atoms with Gasteiger partial charge in [0.15, 0.2) is 0 Å². The first-order valence-electron chi connectivity index (χ1n) is 7.13. The normalized spacial score (nSPS) is 15.9. The van der Waals surface area contributed by atoms with Crippen LogP contribution in [0.2, 0.25) is 0 Å². The number of nitro groups is 1. The smallest absolute Gasteiger partial charge is 0.320 e. The van der Waals surface area contributed by atoms with Crippen molar-refractivity contribution in [1.29, 1.82) is 0 Å². The number of carboxylic acid groups (broad SMARTS) is 1. The molecular weight excluding hydrogens is 286 g/mol. The number of nitrogens with two attached hydrogens (primary N) is 1. The molecule has 0 bridgehead atoms. The van der Waals surface area contributed by atoms with E-state index in [0.29, 0.717) is 10.9 Å². The summed E-state index contributed by atoms with van der Waals surface area (Å²) in [6.45, 7) is 0. The highest BCUT2D eigenvalue weighted by atomic mass is 16.6. The quantitative estimate of drug-likeness (QED) is 0.647. The summed E-state index contributed by atoms with van der Waals surface area (Å²) in [5.74, 6) is -0.871. The molecule has 1 fully saturated rings. The van der Waals surface area contributed by atoms with Crippen LogP contribution in [0.5, 0.6) is 0 Å². The van der Waals surface area contributed by atoms with Gasteiger partial charge in [-0.25, -0.2) is 0 Å². The number of benzene rings is 1. The molecule has 7 heteroatoms. The summed E-state index contributed by atoms with van der Waals surface area (Å²) in [5.41, 5.74) is 7.79. The van der Waals surface area contributed by atoms with Crippen molar-refractivity contribution in [2.75, 3.05) is 0 Å². The molecule has 7 nitrogen and oxygen atoms in total. The Hall–Kier alpha value is -2.41. The molecule has 116 valence electrons. The Labute approximate surface area is 126 Å². The highest BCUT2D eigenvalue weighted by Crippen LogP contribution is 2.47. The van der Waals surface area contributed by atoms with E-state index >= 15 is 0 Å². The molecule has 1 atom stereocenters. The fraction of sp³-hybridized carbons (Fsp3) is 0.400. The van der Waals surface area contributed by atoms with Crippen LogP contribution in [0.15, 0.2) is 18.3 Å².